The summed E-state index contributed by atoms with van der Waals surface area (Å²) in [5, 5.41) is 6.66. The van der Waals surface area contributed by atoms with Crippen molar-refractivity contribution in [1.82, 2.24) is 14.8 Å². The van der Waals surface area contributed by atoms with Crippen LogP contribution in [0.1, 0.15) is 35.0 Å². The monoisotopic (exact) mass is 389 g/mol. The first-order valence-electron chi connectivity index (χ1n) is 9.79. The van der Waals surface area contributed by atoms with Crippen molar-refractivity contribution >= 4 is 22.6 Å². The van der Waals surface area contributed by atoms with Crippen molar-refractivity contribution in [3.63, 3.8) is 0 Å². The van der Waals surface area contributed by atoms with E-state index in [1.807, 2.05) is 16.8 Å². The highest BCUT2D eigenvalue weighted by atomic mass is 35.5. The molecule has 0 atom stereocenters. The Labute approximate surface area is 171 Å². The molecule has 142 valence electrons. The molecular weight excluding hydrogens is 366 g/mol. The minimum atomic E-state index is 0.698. The van der Waals surface area contributed by atoms with Gasteiger partial charge >= 0.3 is 0 Å². The topological polar surface area (TPSA) is 30.7 Å². The summed E-state index contributed by atoms with van der Waals surface area (Å²) in [6.45, 7) is 4.87. The van der Waals surface area contributed by atoms with E-state index in [0.717, 1.165) is 52.3 Å². The fourth-order valence-corrected chi connectivity index (χ4v) is 4.12. The van der Waals surface area contributed by atoms with Crippen LogP contribution in [0.4, 0.5) is 0 Å². The first kappa shape index (κ1) is 18.7. The second-order valence-corrected chi connectivity index (χ2v) is 7.50. The molecule has 4 rings (SSSR count). The summed E-state index contributed by atoms with van der Waals surface area (Å²) >= 11 is 6.92. The van der Waals surface area contributed by atoms with Crippen molar-refractivity contribution in [2.24, 2.45) is 0 Å². The molecule has 0 radical (unpaired) electrons. The predicted molar refractivity (Wildman–Crippen MR) is 116 cm³/mol. The van der Waals surface area contributed by atoms with Gasteiger partial charge in [-0.2, -0.15) is 5.10 Å². The van der Waals surface area contributed by atoms with Crippen molar-refractivity contribution < 1.29 is 0 Å². The number of benzene rings is 2. The SMILES string of the molecule is CCc1nn(Cc2ccccc2)c2nc(C)c(CCc3ccccc3)c(Cl)c12. The second-order valence-electron chi connectivity index (χ2n) is 7.12. The van der Waals surface area contributed by atoms with Crippen LogP contribution >= 0.6 is 11.6 Å². The lowest BCUT2D eigenvalue weighted by Crippen LogP contribution is -2.05. The van der Waals surface area contributed by atoms with Gasteiger partial charge in [0.15, 0.2) is 5.65 Å². The van der Waals surface area contributed by atoms with E-state index in [0.29, 0.717) is 6.54 Å². The van der Waals surface area contributed by atoms with E-state index in [4.69, 9.17) is 21.7 Å². The third-order valence-electron chi connectivity index (χ3n) is 5.21. The van der Waals surface area contributed by atoms with Crippen LogP contribution in [0.15, 0.2) is 60.7 Å². The van der Waals surface area contributed by atoms with E-state index in [-0.39, 0.29) is 0 Å². The number of hydrogen-bond donors (Lipinski definition) is 0. The van der Waals surface area contributed by atoms with E-state index in [9.17, 15) is 0 Å². The zero-order valence-electron chi connectivity index (χ0n) is 16.3. The van der Waals surface area contributed by atoms with Gasteiger partial charge in [0.05, 0.1) is 22.6 Å². The fourth-order valence-electron chi connectivity index (χ4n) is 3.69. The summed E-state index contributed by atoms with van der Waals surface area (Å²) in [4.78, 5) is 4.93. The highest BCUT2D eigenvalue weighted by molar-refractivity contribution is 6.36. The zero-order chi connectivity index (χ0) is 19.5. The third-order valence-corrected chi connectivity index (χ3v) is 5.63. The molecule has 3 nitrogen and oxygen atoms in total. The van der Waals surface area contributed by atoms with Crippen LogP contribution in [0.5, 0.6) is 0 Å². The van der Waals surface area contributed by atoms with Gasteiger partial charge in [0.1, 0.15) is 0 Å². The number of fused-ring (bicyclic) bond motifs is 1. The average Bonchev–Trinajstić information content (AvgIpc) is 3.07. The van der Waals surface area contributed by atoms with Crippen molar-refractivity contribution in [2.75, 3.05) is 0 Å². The second kappa shape index (κ2) is 8.15. The molecule has 4 heteroatoms. The lowest BCUT2D eigenvalue weighted by atomic mass is 10.0. The van der Waals surface area contributed by atoms with E-state index in [1.54, 1.807) is 0 Å². The molecule has 0 amide bonds. The zero-order valence-corrected chi connectivity index (χ0v) is 17.1. The molecule has 4 aromatic rings. The summed E-state index contributed by atoms with van der Waals surface area (Å²) in [5.41, 5.74) is 6.54. The highest BCUT2D eigenvalue weighted by Gasteiger charge is 2.19. The smallest absolute Gasteiger partial charge is 0.160 e. The third kappa shape index (κ3) is 3.67. The van der Waals surface area contributed by atoms with Gasteiger partial charge in [-0.05, 0) is 42.9 Å². The number of hydrogen-bond acceptors (Lipinski definition) is 2. The number of aromatic nitrogens is 3. The standard InChI is InChI=1S/C24H24ClN3/c1-3-21-22-23(25)20(15-14-18-10-6-4-7-11-18)17(2)26-24(22)28(27-21)16-19-12-8-5-9-13-19/h4-13H,3,14-16H2,1-2H3. The number of nitrogens with zero attached hydrogens (tertiary/aromatic N) is 3. The van der Waals surface area contributed by atoms with Crippen molar-refractivity contribution in [3.8, 4) is 0 Å². The lowest BCUT2D eigenvalue weighted by Gasteiger charge is -2.11. The Bertz CT molecular complexity index is 1090. The van der Waals surface area contributed by atoms with Gasteiger partial charge < -0.3 is 0 Å². The van der Waals surface area contributed by atoms with Crippen molar-refractivity contribution in [2.45, 2.75) is 39.7 Å². The summed E-state index contributed by atoms with van der Waals surface area (Å²) < 4.78 is 1.99. The molecule has 0 unspecified atom stereocenters. The maximum Gasteiger partial charge on any atom is 0.160 e. The van der Waals surface area contributed by atoms with Gasteiger partial charge in [-0.15, -0.1) is 0 Å². The van der Waals surface area contributed by atoms with E-state index >= 15 is 0 Å². The van der Waals surface area contributed by atoms with E-state index in [1.165, 1.54) is 11.1 Å². The number of halogens is 1. The van der Waals surface area contributed by atoms with Gasteiger partial charge in [-0.25, -0.2) is 9.67 Å². The maximum absolute atomic E-state index is 6.92. The van der Waals surface area contributed by atoms with Crippen LogP contribution in [0, 0.1) is 6.92 Å². The Morgan fingerprint density at radius 3 is 2.18 bits per heavy atom. The Kier molecular flexibility index (Phi) is 5.45. The van der Waals surface area contributed by atoms with E-state index < -0.39 is 0 Å². The molecule has 2 aromatic carbocycles. The molecule has 0 fully saturated rings. The van der Waals surface area contributed by atoms with Crippen molar-refractivity contribution in [1.29, 1.82) is 0 Å². The van der Waals surface area contributed by atoms with Crippen molar-refractivity contribution in [3.05, 3.63) is 93.8 Å². The number of aryl methyl sites for hydroxylation is 3. The van der Waals surface area contributed by atoms with Crippen LogP contribution in [-0.4, -0.2) is 14.8 Å². The fraction of sp³-hybridized carbons (Fsp3) is 0.250. The highest BCUT2D eigenvalue weighted by Crippen LogP contribution is 2.32. The number of rotatable bonds is 6. The maximum atomic E-state index is 6.92. The molecule has 0 saturated heterocycles. The molecular formula is C24H24ClN3. The molecule has 0 bridgehead atoms. The van der Waals surface area contributed by atoms with Crippen LogP contribution in [-0.2, 0) is 25.8 Å². The molecule has 0 spiro atoms. The van der Waals surface area contributed by atoms with Gasteiger partial charge in [0.2, 0.25) is 0 Å². The van der Waals surface area contributed by atoms with Crippen LogP contribution in [0.3, 0.4) is 0 Å². The average molecular weight is 390 g/mol. The van der Waals surface area contributed by atoms with Crippen LogP contribution in [0.25, 0.3) is 11.0 Å². The summed E-state index contributed by atoms with van der Waals surface area (Å²) in [7, 11) is 0. The molecule has 2 aromatic heterocycles. The molecule has 28 heavy (non-hydrogen) atoms. The van der Waals surface area contributed by atoms with Gasteiger partial charge in [0.25, 0.3) is 0 Å². The molecule has 0 saturated carbocycles. The van der Waals surface area contributed by atoms with Gasteiger partial charge in [-0.1, -0.05) is 79.2 Å². The molecule has 0 aliphatic carbocycles. The first-order chi connectivity index (χ1) is 13.7. The summed E-state index contributed by atoms with van der Waals surface area (Å²) in [6.07, 6.45) is 2.67. The lowest BCUT2D eigenvalue weighted by molar-refractivity contribution is 0.688. The normalized spacial score (nSPS) is 11.2. The Morgan fingerprint density at radius 2 is 1.54 bits per heavy atom. The summed E-state index contributed by atoms with van der Waals surface area (Å²) in [6, 6.07) is 20.9. The Morgan fingerprint density at radius 1 is 0.893 bits per heavy atom. The molecule has 2 heterocycles. The van der Waals surface area contributed by atoms with Gasteiger partial charge in [0, 0.05) is 5.69 Å². The first-order valence-corrected chi connectivity index (χ1v) is 10.2. The molecule has 0 N–H and O–H groups in total. The predicted octanol–water partition coefficient (Wildman–Crippen LogP) is 5.79. The minimum Gasteiger partial charge on any atom is -0.242 e. The Balaban J connectivity index is 1.73. The largest absolute Gasteiger partial charge is 0.242 e. The van der Waals surface area contributed by atoms with Crippen LogP contribution in [0.2, 0.25) is 5.02 Å². The number of pyridine rings is 1. The minimum absolute atomic E-state index is 0.698. The van der Waals surface area contributed by atoms with E-state index in [2.05, 4.69) is 62.4 Å². The van der Waals surface area contributed by atoms with Gasteiger partial charge in [-0.3, -0.25) is 0 Å². The Hall–Kier alpha value is -2.65. The van der Waals surface area contributed by atoms with Crippen LogP contribution < -0.4 is 0 Å². The summed E-state index contributed by atoms with van der Waals surface area (Å²) in [5.74, 6) is 0. The molecule has 0 aliphatic heterocycles. The quantitative estimate of drug-likeness (QED) is 0.418. The molecule has 0 aliphatic rings.